The van der Waals surface area contributed by atoms with Crippen LogP contribution in [-0.4, -0.2) is 46.5 Å². The molecule has 0 radical (unpaired) electrons. The number of hydrogen-bond donors (Lipinski definition) is 1. The lowest BCUT2D eigenvalue weighted by Gasteiger charge is -2.51. The molecule has 1 aromatic carbocycles. The van der Waals surface area contributed by atoms with Crippen LogP contribution in [0.15, 0.2) is 45.5 Å². The molecule has 0 saturated carbocycles. The number of hydrogen-bond acceptors (Lipinski definition) is 7. The van der Waals surface area contributed by atoms with E-state index in [2.05, 4.69) is 0 Å². The van der Waals surface area contributed by atoms with Crippen molar-refractivity contribution in [2.45, 2.75) is 22.9 Å². The SMILES string of the molecule is O=C1c2c(O)c(=O)ccn2N([C@@H]2c3ccc(F)c(F)c3CSc3ccsc32)[C@@H]2COCCN12. The number of fused-ring (bicyclic) bond motifs is 4. The standard InChI is InChI=1S/C22H17F2N3O4S2/c23-13-2-1-11-12(17(13)24)10-33-15-4-8-32-21(15)18(11)27-16-9-31-7-6-25(16)22(30)19-20(29)14(28)3-5-26(19)27/h1-5,8,16,18,29H,6-7,9-10H2/t16-,18-/m1/s1. The molecule has 11 heteroatoms. The van der Waals surface area contributed by atoms with Gasteiger partial charge in [-0.15, -0.1) is 23.1 Å². The lowest BCUT2D eigenvalue weighted by atomic mass is 9.97. The Balaban J connectivity index is 1.66. The van der Waals surface area contributed by atoms with Crippen molar-refractivity contribution in [3.05, 3.63) is 79.4 Å². The van der Waals surface area contributed by atoms with E-state index in [9.17, 15) is 23.5 Å². The highest BCUT2D eigenvalue weighted by molar-refractivity contribution is 7.98. The smallest absolute Gasteiger partial charge is 0.278 e. The Morgan fingerprint density at radius 1 is 1.15 bits per heavy atom. The Hall–Kier alpha value is -2.89. The zero-order valence-electron chi connectivity index (χ0n) is 17.0. The molecule has 2 aromatic heterocycles. The van der Waals surface area contributed by atoms with E-state index in [0.717, 1.165) is 15.8 Å². The van der Waals surface area contributed by atoms with Gasteiger partial charge < -0.3 is 14.7 Å². The van der Waals surface area contributed by atoms with Gasteiger partial charge in [-0.25, -0.2) is 8.78 Å². The van der Waals surface area contributed by atoms with Crippen LogP contribution < -0.4 is 10.4 Å². The van der Waals surface area contributed by atoms with Gasteiger partial charge in [0.15, 0.2) is 23.1 Å². The van der Waals surface area contributed by atoms with Crippen molar-refractivity contribution in [1.29, 1.82) is 0 Å². The molecular weight excluding hydrogens is 472 g/mol. The normalized spacial score (nSPS) is 21.7. The average Bonchev–Trinajstić information content (AvgIpc) is 3.22. The summed E-state index contributed by atoms with van der Waals surface area (Å²) in [6.07, 6.45) is 0.858. The molecule has 3 aliphatic rings. The minimum absolute atomic E-state index is 0.153. The van der Waals surface area contributed by atoms with Crippen LogP contribution in [0.3, 0.4) is 0 Å². The number of nitrogens with zero attached hydrogens (tertiary/aromatic N) is 3. The first-order valence-corrected chi connectivity index (χ1v) is 12.1. The largest absolute Gasteiger partial charge is 0.502 e. The summed E-state index contributed by atoms with van der Waals surface area (Å²) >= 11 is 2.90. The van der Waals surface area contributed by atoms with Gasteiger partial charge in [-0.3, -0.25) is 19.3 Å². The minimum Gasteiger partial charge on any atom is -0.502 e. The molecule has 1 N–H and O–H groups in total. The summed E-state index contributed by atoms with van der Waals surface area (Å²) in [6.45, 7) is 0.766. The number of aromatic hydroxyl groups is 1. The third kappa shape index (κ3) is 2.95. The van der Waals surface area contributed by atoms with Gasteiger partial charge in [-0.05, 0) is 23.1 Å². The second-order valence-corrected chi connectivity index (χ2v) is 9.89. The predicted octanol–water partition coefficient (Wildman–Crippen LogP) is 3.04. The highest BCUT2D eigenvalue weighted by atomic mass is 32.2. The van der Waals surface area contributed by atoms with Crippen molar-refractivity contribution >= 4 is 29.0 Å². The molecule has 0 aliphatic carbocycles. The van der Waals surface area contributed by atoms with Crippen molar-refractivity contribution in [3.63, 3.8) is 0 Å². The van der Waals surface area contributed by atoms with Crippen LogP contribution in [0.4, 0.5) is 8.78 Å². The molecule has 6 rings (SSSR count). The third-order valence-corrected chi connectivity index (χ3v) is 8.44. The summed E-state index contributed by atoms with van der Waals surface area (Å²) in [5.74, 6) is -2.68. The summed E-state index contributed by atoms with van der Waals surface area (Å²) in [5.41, 5.74) is -0.00481. The lowest BCUT2D eigenvalue weighted by molar-refractivity contribution is -0.0196. The fourth-order valence-corrected chi connectivity index (χ4v) is 7.04. The second kappa shape index (κ2) is 7.57. The zero-order chi connectivity index (χ0) is 22.9. The topological polar surface area (TPSA) is 75.0 Å². The first kappa shape index (κ1) is 20.7. The van der Waals surface area contributed by atoms with Gasteiger partial charge in [0, 0.05) is 39.9 Å². The monoisotopic (exact) mass is 489 g/mol. The number of morpholine rings is 1. The van der Waals surface area contributed by atoms with E-state index >= 15 is 0 Å². The Bertz CT molecular complexity index is 1360. The van der Waals surface area contributed by atoms with Crippen LogP contribution in [0.5, 0.6) is 5.75 Å². The van der Waals surface area contributed by atoms with Crippen LogP contribution >= 0.6 is 23.1 Å². The summed E-state index contributed by atoms with van der Waals surface area (Å²) in [7, 11) is 0. The Morgan fingerprint density at radius 2 is 2.00 bits per heavy atom. The predicted molar refractivity (Wildman–Crippen MR) is 118 cm³/mol. The van der Waals surface area contributed by atoms with E-state index in [1.54, 1.807) is 11.0 Å². The van der Waals surface area contributed by atoms with E-state index in [-0.39, 0.29) is 30.2 Å². The number of aromatic nitrogens is 1. The Morgan fingerprint density at radius 3 is 2.85 bits per heavy atom. The summed E-state index contributed by atoms with van der Waals surface area (Å²) in [5, 5.41) is 14.3. The fourth-order valence-electron chi connectivity index (χ4n) is 4.72. The molecule has 3 aromatic rings. The molecule has 0 bridgehead atoms. The number of ether oxygens (including phenoxy) is 1. The van der Waals surface area contributed by atoms with Gasteiger partial charge in [0.25, 0.3) is 5.91 Å². The number of pyridine rings is 1. The maximum absolute atomic E-state index is 15.0. The van der Waals surface area contributed by atoms with Gasteiger partial charge in [0.2, 0.25) is 5.43 Å². The number of rotatable bonds is 1. The van der Waals surface area contributed by atoms with Crippen LogP contribution in [0.1, 0.15) is 32.5 Å². The summed E-state index contributed by atoms with van der Waals surface area (Å²) in [4.78, 5) is 28.9. The van der Waals surface area contributed by atoms with Gasteiger partial charge in [0.1, 0.15) is 12.2 Å². The molecule has 7 nitrogen and oxygen atoms in total. The molecule has 1 amide bonds. The van der Waals surface area contributed by atoms with Gasteiger partial charge in [0.05, 0.1) is 13.2 Å². The fraction of sp³-hybridized carbons (Fsp3) is 0.273. The highest BCUT2D eigenvalue weighted by Gasteiger charge is 2.46. The van der Waals surface area contributed by atoms with Crippen molar-refractivity contribution in [2.24, 2.45) is 0 Å². The highest BCUT2D eigenvalue weighted by Crippen LogP contribution is 2.47. The first-order chi connectivity index (χ1) is 16.0. The molecule has 5 heterocycles. The average molecular weight is 490 g/mol. The van der Waals surface area contributed by atoms with Crippen molar-refractivity contribution < 1.29 is 23.4 Å². The van der Waals surface area contributed by atoms with E-state index in [0.29, 0.717) is 12.2 Å². The van der Waals surface area contributed by atoms with Crippen LogP contribution in [0, 0.1) is 11.6 Å². The molecule has 0 unspecified atom stereocenters. The van der Waals surface area contributed by atoms with Gasteiger partial charge >= 0.3 is 0 Å². The van der Waals surface area contributed by atoms with Crippen molar-refractivity contribution in [1.82, 2.24) is 9.58 Å². The Kier molecular flexibility index (Phi) is 4.75. The van der Waals surface area contributed by atoms with E-state index in [1.165, 1.54) is 40.0 Å². The summed E-state index contributed by atoms with van der Waals surface area (Å²) in [6, 6.07) is 5.19. The van der Waals surface area contributed by atoms with Crippen LogP contribution in [-0.2, 0) is 10.5 Å². The first-order valence-electron chi connectivity index (χ1n) is 10.3. The maximum atomic E-state index is 15.0. The van der Waals surface area contributed by atoms with Gasteiger partial charge in [-0.1, -0.05) is 6.07 Å². The molecule has 1 fully saturated rings. The third-order valence-electron chi connectivity index (χ3n) is 6.24. The molecule has 3 aliphatic heterocycles. The maximum Gasteiger partial charge on any atom is 0.278 e. The quantitative estimate of drug-likeness (QED) is 0.567. The van der Waals surface area contributed by atoms with Crippen molar-refractivity contribution in [2.75, 3.05) is 24.8 Å². The number of carbonyl (C=O) groups is 1. The molecule has 170 valence electrons. The molecule has 1 saturated heterocycles. The molecular formula is C22H17F2N3O4S2. The number of carbonyl (C=O) groups excluding carboxylic acids is 1. The van der Waals surface area contributed by atoms with E-state index in [4.69, 9.17) is 4.74 Å². The Labute approximate surface area is 194 Å². The number of amides is 1. The minimum atomic E-state index is -0.920. The lowest BCUT2D eigenvalue weighted by Crippen LogP contribution is -2.66. The van der Waals surface area contributed by atoms with E-state index < -0.39 is 40.9 Å². The number of thioether (sulfide) groups is 1. The second-order valence-electron chi connectivity index (χ2n) is 7.93. The molecule has 0 spiro atoms. The number of halogens is 2. The van der Waals surface area contributed by atoms with Crippen LogP contribution in [0.2, 0.25) is 0 Å². The van der Waals surface area contributed by atoms with E-state index in [1.807, 2.05) is 16.5 Å². The summed E-state index contributed by atoms with van der Waals surface area (Å²) < 4.78 is 36.3. The van der Waals surface area contributed by atoms with Crippen molar-refractivity contribution in [3.8, 4) is 5.75 Å². The van der Waals surface area contributed by atoms with Gasteiger partial charge in [-0.2, -0.15) is 0 Å². The van der Waals surface area contributed by atoms with Crippen LogP contribution in [0.25, 0.3) is 0 Å². The number of benzene rings is 1. The molecule has 33 heavy (non-hydrogen) atoms. The number of thiophene rings is 1. The zero-order valence-corrected chi connectivity index (χ0v) is 18.7. The molecule has 2 atom stereocenters.